The zero-order chi connectivity index (χ0) is 16.1. The van der Waals surface area contributed by atoms with E-state index >= 15 is 0 Å². The Kier molecular flexibility index (Phi) is 5.74. The van der Waals surface area contributed by atoms with Crippen molar-refractivity contribution >= 4 is 46.3 Å². The Labute approximate surface area is 139 Å². The van der Waals surface area contributed by atoms with Gasteiger partial charge in [0, 0.05) is 0 Å². The highest BCUT2D eigenvalue weighted by molar-refractivity contribution is 8.26. The number of hydrogen-bond acceptors (Lipinski definition) is 5. The third-order valence-electron chi connectivity index (χ3n) is 3.00. The first-order valence-corrected chi connectivity index (χ1v) is 8.21. The lowest BCUT2D eigenvalue weighted by Crippen LogP contribution is -2.34. The van der Waals surface area contributed by atoms with E-state index in [2.05, 4.69) is 0 Å². The molecule has 1 aliphatic heterocycles. The van der Waals surface area contributed by atoms with Crippen LogP contribution in [0, 0.1) is 6.92 Å². The van der Waals surface area contributed by atoms with Crippen molar-refractivity contribution in [3.05, 3.63) is 40.3 Å². The van der Waals surface area contributed by atoms with Gasteiger partial charge in [0.05, 0.1) is 11.5 Å². The first-order valence-electron chi connectivity index (χ1n) is 6.99. The number of carbonyl (C=O) groups is 2. The number of hydrogen-bond donors (Lipinski definition) is 0. The fourth-order valence-electron chi connectivity index (χ4n) is 1.84. The number of amides is 1. The Bertz CT molecular complexity index is 623. The van der Waals surface area contributed by atoms with E-state index < -0.39 is 5.97 Å². The third kappa shape index (κ3) is 4.18. The molecule has 0 aromatic heterocycles. The molecule has 1 saturated heterocycles. The van der Waals surface area contributed by atoms with Gasteiger partial charge in [-0.2, -0.15) is 0 Å². The molecule has 0 saturated carbocycles. The van der Waals surface area contributed by atoms with Gasteiger partial charge in [-0.1, -0.05) is 60.7 Å². The molecule has 0 atom stereocenters. The summed E-state index contributed by atoms with van der Waals surface area (Å²) in [6, 6.07) is 7.85. The molecule has 1 aliphatic rings. The highest BCUT2D eigenvalue weighted by atomic mass is 32.2. The minimum atomic E-state index is -0.435. The van der Waals surface area contributed by atoms with Crippen LogP contribution in [0.25, 0.3) is 6.08 Å². The molecular weight excluding hydrogens is 318 g/mol. The quantitative estimate of drug-likeness (QED) is 0.470. The molecular formula is C16H17NO3S2. The van der Waals surface area contributed by atoms with E-state index in [-0.39, 0.29) is 12.5 Å². The van der Waals surface area contributed by atoms with Crippen LogP contribution >= 0.6 is 24.0 Å². The first kappa shape index (κ1) is 16.7. The summed E-state index contributed by atoms with van der Waals surface area (Å²) in [6.07, 6.45) is 2.54. The number of thiocarbonyl (C=S) groups is 1. The van der Waals surface area contributed by atoms with Gasteiger partial charge in [0.1, 0.15) is 10.9 Å². The van der Waals surface area contributed by atoms with Gasteiger partial charge in [-0.25, -0.2) is 0 Å². The molecule has 6 heteroatoms. The highest BCUT2D eigenvalue weighted by Crippen LogP contribution is 2.32. The van der Waals surface area contributed by atoms with E-state index in [1.165, 1.54) is 16.7 Å². The molecule has 1 fully saturated rings. The Morgan fingerprint density at radius 2 is 2.05 bits per heavy atom. The van der Waals surface area contributed by atoms with Crippen LogP contribution in [0.1, 0.15) is 24.5 Å². The number of nitrogens with zero attached hydrogens (tertiary/aromatic N) is 1. The van der Waals surface area contributed by atoms with Gasteiger partial charge < -0.3 is 4.74 Å². The lowest BCUT2D eigenvalue weighted by atomic mass is 10.1. The monoisotopic (exact) mass is 335 g/mol. The van der Waals surface area contributed by atoms with Crippen molar-refractivity contribution in [1.82, 2.24) is 4.90 Å². The second-order valence-corrected chi connectivity index (χ2v) is 6.57. The predicted octanol–water partition coefficient (Wildman–Crippen LogP) is 3.15. The smallest absolute Gasteiger partial charge is 0.326 e. The van der Waals surface area contributed by atoms with Crippen molar-refractivity contribution in [2.24, 2.45) is 0 Å². The van der Waals surface area contributed by atoms with E-state index in [1.807, 2.05) is 38.1 Å². The van der Waals surface area contributed by atoms with Crippen LogP contribution in [0.4, 0.5) is 0 Å². The van der Waals surface area contributed by atoms with Crippen molar-refractivity contribution in [2.45, 2.75) is 20.3 Å². The van der Waals surface area contributed by atoms with Gasteiger partial charge in [-0.05, 0) is 25.0 Å². The summed E-state index contributed by atoms with van der Waals surface area (Å²) < 4.78 is 5.38. The average molecular weight is 335 g/mol. The van der Waals surface area contributed by atoms with Crippen LogP contribution in [0.15, 0.2) is 29.2 Å². The average Bonchev–Trinajstić information content (AvgIpc) is 2.75. The molecule has 0 unspecified atom stereocenters. The van der Waals surface area contributed by atoms with Crippen LogP contribution in [0.2, 0.25) is 0 Å². The summed E-state index contributed by atoms with van der Waals surface area (Å²) >= 11 is 6.39. The normalized spacial score (nSPS) is 16.5. The maximum Gasteiger partial charge on any atom is 0.326 e. The minimum Gasteiger partial charge on any atom is -0.464 e. The van der Waals surface area contributed by atoms with Crippen molar-refractivity contribution in [3.63, 3.8) is 0 Å². The molecule has 0 radical (unpaired) electrons. The lowest BCUT2D eigenvalue weighted by molar-refractivity contribution is -0.146. The number of carbonyl (C=O) groups excluding carboxylic acids is 2. The van der Waals surface area contributed by atoms with E-state index in [4.69, 9.17) is 17.0 Å². The summed E-state index contributed by atoms with van der Waals surface area (Å²) in [6.45, 7) is 4.14. The second kappa shape index (κ2) is 7.56. The van der Waals surface area contributed by atoms with Gasteiger partial charge in [0.2, 0.25) is 0 Å². The highest BCUT2D eigenvalue weighted by Gasteiger charge is 2.33. The fraction of sp³-hybridized carbons (Fsp3) is 0.312. The SMILES string of the molecule is CCCOC(=O)CN1C(=O)/C(=C/c2ccc(C)cc2)SC1=S. The van der Waals surface area contributed by atoms with E-state index in [0.29, 0.717) is 15.8 Å². The van der Waals surface area contributed by atoms with Crippen molar-refractivity contribution in [2.75, 3.05) is 13.2 Å². The first-order chi connectivity index (χ1) is 10.5. The fourth-order valence-corrected chi connectivity index (χ4v) is 3.10. The third-order valence-corrected chi connectivity index (χ3v) is 4.38. The van der Waals surface area contributed by atoms with Gasteiger partial charge in [0.15, 0.2) is 0 Å². The maximum atomic E-state index is 12.3. The Morgan fingerprint density at radius 3 is 2.68 bits per heavy atom. The number of benzene rings is 1. The molecule has 0 spiro atoms. The number of rotatable bonds is 5. The summed E-state index contributed by atoms with van der Waals surface area (Å²) in [5.74, 6) is -0.682. The summed E-state index contributed by atoms with van der Waals surface area (Å²) in [4.78, 5) is 25.8. The zero-order valence-electron chi connectivity index (χ0n) is 12.5. The molecule has 0 aliphatic carbocycles. The molecule has 2 rings (SSSR count). The van der Waals surface area contributed by atoms with E-state index in [1.54, 1.807) is 6.08 Å². The Hall–Kier alpha value is -1.66. The second-order valence-electron chi connectivity index (χ2n) is 4.90. The van der Waals surface area contributed by atoms with Crippen LogP contribution < -0.4 is 0 Å². The van der Waals surface area contributed by atoms with E-state index in [0.717, 1.165) is 17.5 Å². The summed E-state index contributed by atoms with van der Waals surface area (Å²) in [5, 5.41) is 0. The van der Waals surface area contributed by atoms with Gasteiger partial charge in [-0.3, -0.25) is 14.5 Å². The maximum absolute atomic E-state index is 12.3. The molecule has 0 bridgehead atoms. The lowest BCUT2D eigenvalue weighted by Gasteiger charge is -2.13. The Morgan fingerprint density at radius 1 is 1.36 bits per heavy atom. The molecule has 1 aromatic rings. The van der Waals surface area contributed by atoms with E-state index in [9.17, 15) is 9.59 Å². The molecule has 1 amide bonds. The number of esters is 1. The largest absolute Gasteiger partial charge is 0.464 e. The van der Waals surface area contributed by atoms with Gasteiger partial charge >= 0.3 is 5.97 Å². The standard InChI is InChI=1S/C16H17NO3S2/c1-3-8-20-14(18)10-17-15(19)13(22-16(17)21)9-12-6-4-11(2)5-7-12/h4-7,9H,3,8,10H2,1-2H3/b13-9-. The molecule has 0 N–H and O–H groups in total. The molecule has 22 heavy (non-hydrogen) atoms. The van der Waals surface area contributed by atoms with Gasteiger partial charge in [0.25, 0.3) is 5.91 Å². The molecule has 1 aromatic carbocycles. The Balaban J connectivity index is 2.08. The van der Waals surface area contributed by atoms with Crippen molar-refractivity contribution < 1.29 is 14.3 Å². The molecule has 1 heterocycles. The summed E-state index contributed by atoms with van der Waals surface area (Å²) in [5.41, 5.74) is 2.09. The molecule has 116 valence electrons. The number of ether oxygens (including phenoxy) is 1. The van der Waals surface area contributed by atoms with Crippen molar-refractivity contribution in [3.8, 4) is 0 Å². The van der Waals surface area contributed by atoms with Crippen LogP contribution in [0.5, 0.6) is 0 Å². The predicted molar refractivity (Wildman–Crippen MR) is 92.3 cm³/mol. The van der Waals surface area contributed by atoms with Crippen molar-refractivity contribution in [1.29, 1.82) is 0 Å². The minimum absolute atomic E-state index is 0.129. The zero-order valence-corrected chi connectivity index (χ0v) is 14.1. The molecule has 4 nitrogen and oxygen atoms in total. The summed E-state index contributed by atoms with van der Waals surface area (Å²) in [7, 11) is 0. The topological polar surface area (TPSA) is 46.6 Å². The van der Waals surface area contributed by atoms with Crippen LogP contribution in [-0.2, 0) is 14.3 Å². The van der Waals surface area contributed by atoms with Gasteiger partial charge in [-0.15, -0.1) is 0 Å². The number of thioether (sulfide) groups is 1. The number of aryl methyl sites for hydroxylation is 1. The van der Waals surface area contributed by atoms with Crippen LogP contribution in [-0.4, -0.2) is 34.2 Å². The van der Waals surface area contributed by atoms with Crippen LogP contribution in [0.3, 0.4) is 0 Å².